The monoisotopic (exact) mass is 186 g/mol. The number of rotatable bonds is 2. The minimum absolute atomic E-state index is 0.201. The number of aliphatic hydroxyl groups is 1. The van der Waals surface area contributed by atoms with E-state index in [1.807, 2.05) is 13.8 Å². The second kappa shape index (κ2) is 3.23. The average molecular weight is 186 g/mol. The van der Waals surface area contributed by atoms with Crippen molar-refractivity contribution in [3.63, 3.8) is 0 Å². The largest absolute Gasteiger partial charge is 0.390 e. The number of hydrogen-bond acceptors (Lipinski definition) is 3. The first-order chi connectivity index (χ1) is 6.15. The highest BCUT2D eigenvalue weighted by atomic mass is 16.6. The second-order valence-electron chi connectivity index (χ2n) is 4.26. The van der Waals surface area contributed by atoms with Crippen LogP contribution < -0.4 is 0 Å². The Balaban J connectivity index is 2.07. The summed E-state index contributed by atoms with van der Waals surface area (Å²) < 4.78 is 11.4. The maximum Gasteiger partial charge on any atom is 0.0942 e. The molecule has 0 aromatic heterocycles. The van der Waals surface area contributed by atoms with Crippen molar-refractivity contribution in [3.8, 4) is 0 Å². The highest BCUT2D eigenvalue weighted by molar-refractivity contribution is 5.00. The van der Waals surface area contributed by atoms with Gasteiger partial charge in [-0.3, -0.25) is 0 Å². The van der Waals surface area contributed by atoms with Crippen LogP contribution in [0.25, 0.3) is 0 Å². The Morgan fingerprint density at radius 3 is 2.92 bits per heavy atom. The van der Waals surface area contributed by atoms with Gasteiger partial charge in [0.2, 0.25) is 0 Å². The summed E-state index contributed by atoms with van der Waals surface area (Å²) in [4.78, 5) is 0. The predicted molar refractivity (Wildman–Crippen MR) is 48.5 cm³/mol. The zero-order valence-corrected chi connectivity index (χ0v) is 8.32. The van der Waals surface area contributed by atoms with Crippen LogP contribution >= 0.6 is 0 Å². The molecular weight excluding hydrogens is 168 g/mol. The van der Waals surface area contributed by atoms with E-state index in [-0.39, 0.29) is 23.9 Å². The van der Waals surface area contributed by atoms with Crippen molar-refractivity contribution in [3.05, 3.63) is 0 Å². The summed E-state index contributed by atoms with van der Waals surface area (Å²) in [5.74, 6) is 0. The number of hydrogen-bond donors (Lipinski definition) is 1. The quantitative estimate of drug-likeness (QED) is 0.701. The van der Waals surface area contributed by atoms with Crippen LogP contribution in [-0.4, -0.2) is 35.6 Å². The third kappa shape index (κ3) is 1.49. The summed E-state index contributed by atoms with van der Waals surface area (Å²) in [6.45, 7) is 4.72. The molecule has 0 spiro atoms. The van der Waals surface area contributed by atoms with Gasteiger partial charge in [0.15, 0.2) is 0 Å². The molecule has 2 aliphatic rings. The second-order valence-corrected chi connectivity index (χ2v) is 4.26. The third-order valence-corrected chi connectivity index (χ3v) is 3.25. The van der Waals surface area contributed by atoms with Gasteiger partial charge in [0.05, 0.1) is 23.9 Å². The third-order valence-electron chi connectivity index (χ3n) is 3.25. The van der Waals surface area contributed by atoms with E-state index < -0.39 is 0 Å². The van der Waals surface area contributed by atoms with Gasteiger partial charge < -0.3 is 14.6 Å². The smallest absolute Gasteiger partial charge is 0.0942 e. The maximum atomic E-state index is 9.76. The first-order valence-corrected chi connectivity index (χ1v) is 5.13. The van der Waals surface area contributed by atoms with Gasteiger partial charge >= 0.3 is 0 Å². The Morgan fingerprint density at radius 2 is 2.31 bits per heavy atom. The number of aliphatic hydroxyl groups excluding tert-OH is 1. The van der Waals surface area contributed by atoms with Gasteiger partial charge in [-0.25, -0.2) is 0 Å². The van der Waals surface area contributed by atoms with E-state index in [2.05, 4.69) is 0 Å². The van der Waals surface area contributed by atoms with Crippen molar-refractivity contribution < 1.29 is 14.6 Å². The number of ether oxygens (including phenoxy) is 2. The molecule has 2 rings (SSSR count). The fraction of sp³-hybridized carbons (Fsp3) is 1.00. The molecule has 2 heterocycles. The molecule has 0 aromatic carbocycles. The fourth-order valence-corrected chi connectivity index (χ4v) is 2.47. The summed E-state index contributed by atoms with van der Waals surface area (Å²) in [5.41, 5.74) is -0.344. The van der Waals surface area contributed by atoms with Crippen molar-refractivity contribution >= 4 is 0 Å². The van der Waals surface area contributed by atoms with Gasteiger partial charge in [0.1, 0.15) is 0 Å². The van der Waals surface area contributed by atoms with E-state index in [1.54, 1.807) is 0 Å². The Bertz CT molecular complexity index is 195. The van der Waals surface area contributed by atoms with E-state index in [0.29, 0.717) is 0 Å². The van der Waals surface area contributed by atoms with Crippen LogP contribution in [0.4, 0.5) is 0 Å². The summed E-state index contributed by atoms with van der Waals surface area (Å²) in [7, 11) is 0. The Kier molecular flexibility index (Phi) is 2.34. The molecule has 0 amide bonds. The van der Waals surface area contributed by atoms with E-state index in [9.17, 15) is 5.11 Å². The SMILES string of the molecule is CCO[C@H]1C[C@]2(C)O[C@H]1CC[C@@H]2O. The lowest BCUT2D eigenvalue weighted by atomic mass is 9.94. The molecule has 2 aliphatic heterocycles. The van der Waals surface area contributed by atoms with Gasteiger partial charge in [0, 0.05) is 13.0 Å². The van der Waals surface area contributed by atoms with Gasteiger partial charge in [0.25, 0.3) is 0 Å². The fourth-order valence-electron chi connectivity index (χ4n) is 2.47. The maximum absolute atomic E-state index is 9.76. The predicted octanol–water partition coefficient (Wildman–Crippen LogP) is 1.09. The zero-order valence-electron chi connectivity index (χ0n) is 8.32. The van der Waals surface area contributed by atoms with Crippen LogP contribution in [0.1, 0.15) is 33.1 Å². The molecule has 2 fully saturated rings. The van der Waals surface area contributed by atoms with Crippen molar-refractivity contribution in [1.29, 1.82) is 0 Å². The van der Waals surface area contributed by atoms with Crippen LogP contribution in [0, 0.1) is 0 Å². The van der Waals surface area contributed by atoms with Crippen LogP contribution in [0.2, 0.25) is 0 Å². The van der Waals surface area contributed by atoms with Gasteiger partial charge in [-0.05, 0) is 26.7 Å². The molecule has 0 saturated carbocycles. The van der Waals surface area contributed by atoms with Crippen LogP contribution in [0.5, 0.6) is 0 Å². The average Bonchev–Trinajstić information content (AvgIpc) is 2.35. The van der Waals surface area contributed by atoms with Crippen molar-refractivity contribution in [1.82, 2.24) is 0 Å². The normalized spacial score (nSPS) is 49.6. The van der Waals surface area contributed by atoms with Crippen LogP contribution in [-0.2, 0) is 9.47 Å². The van der Waals surface area contributed by atoms with E-state index in [1.165, 1.54) is 0 Å². The Labute approximate surface area is 79.0 Å². The molecule has 0 aliphatic carbocycles. The van der Waals surface area contributed by atoms with E-state index >= 15 is 0 Å². The zero-order chi connectivity index (χ0) is 9.47. The molecule has 3 heteroatoms. The Morgan fingerprint density at radius 1 is 1.54 bits per heavy atom. The molecule has 1 N–H and O–H groups in total. The minimum atomic E-state index is -0.344. The molecule has 0 radical (unpaired) electrons. The lowest BCUT2D eigenvalue weighted by molar-refractivity contribution is -0.145. The van der Waals surface area contributed by atoms with Gasteiger partial charge in [-0.1, -0.05) is 0 Å². The van der Waals surface area contributed by atoms with Crippen LogP contribution in [0.15, 0.2) is 0 Å². The van der Waals surface area contributed by atoms with E-state index in [0.717, 1.165) is 25.9 Å². The summed E-state index contributed by atoms with van der Waals surface area (Å²) in [6, 6.07) is 0. The molecule has 0 unspecified atom stereocenters. The molecule has 2 saturated heterocycles. The molecular formula is C10H18O3. The van der Waals surface area contributed by atoms with Crippen molar-refractivity contribution in [2.45, 2.75) is 57.0 Å². The molecule has 2 bridgehead atoms. The number of fused-ring (bicyclic) bond motifs is 2. The molecule has 76 valence electrons. The Hall–Kier alpha value is -0.120. The lowest BCUT2D eigenvalue weighted by Gasteiger charge is -2.34. The lowest BCUT2D eigenvalue weighted by Crippen LogP contribution is -2.42. The van der Waals surface area contributed by atoms with Crippen LogP contribution in [0.3, 0.4) is 0 Å². The van der Waals surface area contributed by atoms with E-state index in [4.69, 9.17) is 9.47 Å². The summed E-state index contributed by atoms with van der Waals surface area (Å²) >= 11 is 0. The standard InChI is InChI=1S/C10H18O3/c1-3-12-8-6-10(2)9(11)5-4-7(8)13-10/h7-9,11H,3-6H2,1-2H3/t7-,8-,9-,10-/m0/s1. The molecule has 3 nitrogen and oxygen atoms in total. The van der Waals surface area contributed by atoms with Crippen molar-refractivity contribution in [2.75, 3.05) is 6.61 Å². The topological polar surface area (TPSA) is 38.7 Å². The summed E-state index contributed by atoms with van der Waals surface area (Å²) in [6.07, 6.45) is 2.73. The highest BCUT2D eigenvalue weighted by Gasteiger charge is 2.51. The van der Waals surface area contributed by atoms with Crippen molar-refractivity contribution in [2.24, 2.45) is 0 Å². The molecule has 4 atom stereocenters. The molecule has 0 aromatic rings. The highest BCUT2D eigenvalue weighted by Crippen LogP contribution is 2.42. The first-order valence-electron chi connectivity index (χ1n) is 5.13. The van der Waals surface area contributed by atoms with Gasteiger partial charge in [-0.2, -0.15) is 0 Å². The minimum Gasteiger partial charge on any atom is -0.390 e. The molecule has 13 heavy (non-hydrogen) atoms. The first kappa shape index (κ1) is 9.44. The summed E-state index contributed by atoms with van der Waals surface area (Å²) in [5, 5.41) is 9.76. The van der Waals surface area contributed by atoms with Gasteiger partial charge in [-0.15, -0.1) is 0 Å².